The van der Waals surface area contributed by atoms with E-state index in [1.807, 2.05) is 6.07 Å². The molecular formula is C20H20N2O4S. The summed E-state index contributed by atoms with van der Waals surface area (Å²) >= 11 is 1.55. The minimum Gasteiger partial charge on any atom is -0.481 e. The maximum Gasteiger partial charge on any atom is 0.303 e. The molecule has 1 heterocycles. The van der Waals surface area contributed by atoms with Crippen molar-refractivity contribution in [3.8, 4) is 0 Å². The van der Waals surface area contributed by atoms with Crippen LogP contribution in [-0.2, 0) is 16.0 Å². The van der Waals surface area contributed by atoms with Crippen LogP contribution < -0.4 is 5.32 Å². The largest absolute Gasteiger partial charge is 0.481 e. The van der Waals surface area contributed by atoms with E-state index in [4.69, 9.17) is 5.11 Å². The molecule has 1 saturated heterocycles. The van der Waals surface area contributed by atoms with E-state index in [1.54, 1.807) is 65.2 Å². The second-order valence-corrected chi connectivity index (χ2v) is 7.24. The molecule has 3 rings (SSSR count). The number of carbonyl (C=O) groups is 3. The molecule has 2 aromatic carbocycles. The second-order valence-electron chi connectivity index (χ2n) is 6.24. The Morgan fingerprint density at radius 3 is 2.44 bits per heavy atom. The first kappa shape index (κ1) is 19.0. The minimum absolute atomic E-state index is 0.0710. The van der Waals surface area contributed by atoms with E-state index in [1.165, 1.54) is 0 Å². The fourth-order valence-corrected chi connectivity index (χ4v) is 3.99. The summed E-state index contributed by atoms with van der Waals surface area (Å²) < 4.78 is 0. The van der Waals surface area contributed by atoms with Crippen LogP contribution in [0.1, 0.15) is 22.3 Å². The molecule has 1 unspecified atom stereocenters. The third-order valence-electron chi connectivity index (χ3n) is 4.32. The van der Waals surface area contributed by atoms with Crippen LogP contribution in [0.3, 0.4) is 0 Å². The summed E-state index contributed by atoms with van der Waals surface area (Å²) in [5, 5.41) is 11.6. The topological polar surface area (TPSA) is 86.7 Å². The molecule has 0 bridgehead atoms. The SMILES string of the molecule is O=C(O)CCc1ccc(NC(=O)C2CSCN2C(=O)c2ccccc2)cc1. The molecule has 0 spiro atoms. The van der Waals surface area contributed by atoms with Crippen molar-refractivity contribution in [3.63, 3.8) is 0 Å². The lowest BCUT2D eigenvalue weighted by atomic mass is 10.1. The van der Waals surface area contributed by atoms with E-state index in [0.29, 0.717) is 29.3 Å². The van der Waals surface area contributed by atoms with Gasteiger partial charge in [-0.15, -0.1) is 11.8 Å². The third kappa shape index (κ3) is 4.89. The molecule has 2 amide bonds. The Balaban J connectivity index is 1.63. The van der Waals surface area contributed by atoms with Crippen LogP contribution in [0, 0.1) is 0 Å². The molecule has 1 fully saturated rings. The number of rotatable bonds is 6. The summed E-state index contributed by atoms with van der Waals surface area (Å²) in [5.41, 5.74) is 2.09. The molecule has 1 atom stereocenters. The van der Waals surface area contributed by atoms with Crippen LogP contribution in [0.2, 0.25) is 0 Å². The fraction of sp³-hybridized carbons (Fsp3) is 0.250. The number of carbonyl (C=O) groups excluding carboxylic acids is 2. The predicted octanol–water partition coefficient (Wildman–Crippen LogP) is 2.86. The number of carboxylic acid groups (broad SMARTS) is 1. The molecule has 0 radical (unpaired) electrons. The van der Waals surface area contributed by atoms with Crippen LogP contribution in [0.15, 0.2) is 54.6 Å². The van der Waals surface area contributed by atoms with E-state index in [-0.39, 0.29) is 18.2 Å². The number of nitrogens with zero attached hydrogens (tertiary/aromatic N) is 1. The Labute approximate surface area is 161 Å². The standard InChI is InChI=1S/C20H20N2O4S/c23-18(24)11-8-14-6-9-16(10-7-14)21-19(25)17-12-27-13-22(17)20(26)15-4-2-1-3-5-15/h1-7,9-10,17H,8,11-13H2,(H,21,25)(H,23,24). The van der Waals surface area contributed by atoms with Crippen LogP contribution in [0.5, 0.6) is 0 Å². The minimum atomic E-state index is -0.839. The van der Waals surface area contributed by atoms with Crippen molar-refractivity contribution in [3.05, 3.63) is 65.7 Å². The zero-order chi connectivity index (χ0) is 19.2. The quantitative estimate of drug-likeness (QED) is 0.800. The van der Waals surface area contributed by atoms with Gasteiger partial charge in [0.2, 0.25) is 5.91 Å². The van der Waals surface area contributed by atoms with Crippen molar-refractivity contribution in [2.24, 2.45) is 0 Å². The summed E-state index contributed by atoms with van der Waals surface area (Å²) in [7, 11) is 0. The summed E-state index contributed by atoms with van der Waals surface area (Å²) in [4.78, 5) is 37.6. The van der Waals surface area contributed by atoms with Gasteiger partial charge in [0, 0.05) is 23.4 Å². The van der Waals surface area contributed by atoms with Crippen LogP contribution in [-0.4, -0.2) is 45.5 Å². The lowest BCUT2D eigenvalue weighted by molar-refractivity contribution is -0.137. The molecular weight excluding hydrogens is 364 g/mol. The Hall–Kier alpha value is -2.80. The van der Waals surface area contributed by atoms with Gasteiger partial charge in [-0.3, -0.25) is 14.4 Å². The molecule has 6 nitrogen and oxygen atoms in total. The number of hydrogen-bond donors (Lipinski definition) is 2. The van der Waals surface area contributed by atoms with Gasteiger partial charge in [-0.2, -0.15) is 0 Å². The molecule has 2 aromatic rings. The van der Waals surface area contributed by atoms with Crippen LogP contribution >= 0.6 is 11.8 Å². The van der Waals surface area contributed by atoms with E-state index in [9.17, 15) is 14.4 Å². The van der Waals surface area contributed by atoms with Crippen molar-refractivity contribution in [2.45, 2.75) is 18.9 Å². The normalized spacial score (nSPS) is 16.1. The number of nitrogens with one attached hydrogen (secondary N) is 1. The van der Waals surface area contributed by atoms with Crippen molar-refractivity contribution in [2.75, 3.05) is 16.9 Å². The van der Waals surface area contributed by atoms with Crippen molar-refractivity contribution in [1.82, 2.24) is 4.90 Å². The first-order chi connectivity index (χ1) is 13.0. The van der Waals surface area contributed by atoms with Gasteiger partial charge in [0.25, 0.3) is 5.91 Å². The van der Waals surface area contributed by atoms with Crippen molar-refractivity contribution in [1.29, 1.82) is 0 Å². The highest BCUT2D eigenvalue weighted by molar-refractivity contribution is 7.99. The van der Waals surface area contributed by atoms with E-state index >= 15 is 0 Å². The molecule has 27 heavy (non-hydrogen) atoms. The monoisotopic (exact) mass is 384 g/mol. The first-order valence-corrected chi connectivity index (χ1v) is 9.75. The van der Waals surface area contributed by atoms with Gasteiger partial charge in [0.05, 0.1) is 5.88 Å². The zero-order valence-corrected chi connectivity index (χ0v) is 15.4. The molecule has 0 aromatic heterocycles. The lowest BCUT2D eigenvalue weighted by Gasteiger charge is -2.23. The number of anilines is 1. The van der Waals surface area contributed by atoms with Gasteiger partial charge >= 0.3 is 5.97 Å². The highest BCUT2D eigenvalue weighted by Crippen LogP contribution is 2.24. The summed E-state index contributed by atoms with van der Waals surface area (Å²) in [6.07, 6.45) is 0.518. The second kappa shape index (κ2) is 8.73. The average molecular weight is 384 g/mol. The Bertz CT molecular complexity index is 824. The Kier molecular flexibility index (Phi) is 6.13. The van der Waals surface area contributed by atoms with Gasteiger partial charge in [0.15, 0.2) is 0 Å². The van der Waals surface area contributed by atoms with E-state index in [0.717, 1.165) is 5.56 Å². The summed E-state index contributed by atoms with van der Waals surface area (Å²) in [6.45, 7) is 0. The molecule has 1 aliphatic rings. The smallest absolute Gasteiger partial charge is 0.303 e. The third-order valence-corrected chi connectivity index (χ3v) is 5.33. The highest BCUT2D eigenvalue weighted by Gasteiger charge is 2.35. The fourth-order valence-electron chi connectivity index (χ4n) is 2.84. The Morgan fingerprint density at radius 1 is 1.07 bits per heavy atom. The molecule has 0 saturated carbocycles. The van der Waals surface area contributed by atoms with Gasteiger partial charge in [-0.25, -0.2) is 0 Å². The average Bonchev–Trinajstić information content (AvgIpc) is 3.17. The zero-order valence-electron chi connectivity index (χ0n) is 14.6. The molecule has 140 valence electrons. The lowest BCUT2D eigenvalue weighted by Crippen LogP contribution is -2.44. The number of aliphatic carboxylic acids is 1. The van der Waals surface area contributed by atoms with Crippen LogP contribution in [0.4, 0.5) is 5.69 Å². The first-order valence-electron chi connectivity index (χ1n) is 8.60. The maximum atomic E-state index is 12.7. The summed E-state index contributed by atoms with van der Waals surface area (Å²) in [6, 6.07) is 15.5. The van der Waals surface area contributed by atoms with E-state index in [2.05, 4.69) is 5.32 Å². The maximum absolute atomic E-state index is 12.7. The number of aryl methyl sites for hydroxylation is 1. The number of thioether (sulfide) groups is 1. The summed E-state index contributed by atoms with van der Waals surface area (Å²) in [5.74, 6) is -0.164. The predicted molar refractivity (Wildman–Crippen MR) is 105 cm³/mol. The van der Waals surface area contributed by atoms with E-state index < -0.39 is 12.0 Å². The van der Waals surface area contributed by atoms with Gasteiger partial charge in [-0.05, 0) is 36.2 Å². The van der Waals surface area contributed by atoms with Gasteiger partial charge in [0.1, 0.15) is 6.04 Å². The van der Waals surface area contributed by atoms with Crippen molar-refractivity contribution >= 4 is 35.2 Å². The molecule has 1 aliphatic heterocycles. The molecule has 7 heteroatoms. The number of amides is 2. The van der Waals surface area contributed by atoms with Crippen molar-refractivity contribution < 1.29 is 19.5 Å². The van der Waals surface area contributed by atoms with Gasteiger partial charge < -0.3 is 15.3 Å². The number of carboxylic acids is 1. The number of benzene rings is 2. The Morgan fingerprint density at radius 2 is 1.78 bits per heavy atom. The molecule has 0 aliphatic carbocycles. The van der Waals surface area contributed by atoms with Gasteiger partial charge in [-0.1, -0.05) is 30.3 Å². The molecule has 2 N–H and O–H groups in total. The van der Waals surface area contributed by atoms with Crippen LogP contribution in [0.25, 0.3) is 0 Å². The number of hydrogen-bond acceptors (Lipinski definition) is 4. The highest BCUT2D eigenvalue weighted by atomic mass is 32.2.